The van der Waals surface area contributed by atoms with Crippen molar-refractivity contribution in [3.05, 3.63) is 29.8 Å². The van der Waals surface area contributed by atoms with Crippen molar-refractivity contribution in [2.75, 3.05) is 6.61 Å². The summed E-state index contributed by atoms with van der Waals surface area (Å²) in [5.41, 5.74) is 6.82. The number of amides is 1. The topological polar surface area (TPSA) is 64.3 Å². The molecule has 1 rings (SSSR count). The van der Waals surface area contributed by atoms with E-state index in [2.05, 4.69) is 5.32 Å². The molecule has 1 aromatic carbocycles. The molecule has 0 aromatic heterocycles. The fourth-order valence-electron chi connectivity index (χ4n) is 1.69. The quantitative estimate of drug-likeness (QED) is 0.878. The Morgan fingerprint density at radius 3 is 2.52 bits per heavy atom. The summed E-state index contributed by atoms with van der Waals surface area (Å²) in [4.78, 5) is 12.0. The minimum atomic E-state index is -0.524. The molecule has 0 heterocycles. The van der Waals surface area contributed by atoms with E-state index in [9.17, 15) is 4.79 Å². The number of hydrogen-bond acceptors (Lipinski definition) is 3. The van der Waals surface area contributed by atoms with Crippen LogP contribution in [0.15, 0.2) is 24.3 Å². The molecule has 1 amide bonds. The van der Waals surface area contributed by atoms with Gasteiger partial charge in [-0.05, 0) is 37.0 Å². The highest BCUT2D eigenvalue weighted by molar-refractivity contribution is 5.85. The van der Waals surface area contributed by atoms with Gasteiger partial charge in [-0.3, -0.25) is 4.79 Å². The minimum absolute atomic E-state index is 0. The SMILES string of the molecule is Cc1cccc(OCC(C)NC(=O)[C@@H](N)C(C)(C)C)c1.Cl. The first-order valence-corrected chi connectivity index (χ1v) is 6.95. The third kappa shape index (κ3) is 6.82. The van der Waals surface area contributed by atoms with Gasteiger partial charge in [0.25, 0.3) is 0 Å². The molecule has 0 aliphatic carbocycles. The van der Waals surface area contributed by atoms with Crippen LogP contribution in [0.5, 0.6) is 5.75 Å². The maximum atomic E-state index is 12.0. The van der Waals surface area contributed by atoms with Gasteiger partial charge in [0.15, 0.2) is 0 Å². The number of carbonyl (C=O) groups is 1. The molecule has 0 saturated carbocycles. The van der Waals surface area contributed by atoms with Crippen molar-refractivity contribution >= 4 is 18.3 Å². The van der Waals surface area contributed by atoms with Gasteiger partial charge in [-0.1, -0.05) is 32.9 Å². The Morgan fingerprint density at radius 2 is 2.00 bits per heavy atom. The van der Waals surface area contributed by atoms with Gasteiger partial charge in [0.1, 0.15) is 12.4 Å². The van der Waals surface area contributed by atoms with Gasteiger partial charge in [-0.2, -0.15) is 0 Å². The van der Waals surface area contributed by atoms with Crippen LogP contribution in [0, 0.1) is 12.3 Å². The van der Waals surface area contributed by atoms with E-state index in [1.165, 1.54) is 0 Å². The zero-order valence-electron chi connectivity index (χ0n) is 13.5. The van der Waals surface area contributed by atoms with E-state index in [1.54, 1.807) is 0 Å². The Kier molecular flexibility index (Phi) is 7.75. The van der Waals surface area contributed by atoms with Gasteiger partial charge in [0, 0.05) is 0 Å². The lowest BCUT2D eigenvalue weighted by molar-refractivity contribution is -0.125. The van der Waals surface area contributed by atoms with Crippen LogP contribution in [0.25, 0.3) is 0 Å². The molecule has 1 aromatic rings. The smallest absolute Gasteiger partial charge is 0.237 e. The second-order valence-electron chi connectivity index (χ2n) is 6.38. The van der Waals surface area contributed by atoms with Gasteiger partial charge >= 0.3 is 0 Å². The summed E-state index contributed by atoms with van der Waals surface area (Å²) in [5, 5.41) is 2.88. The number of nitrogens with one attached hydrogen (secondary N) is 1. The predicted octanol–water partition coefficient (Wildman–Crippen LogP) is 2.67. The summed E-state index contributed by atoms with van der Waals surface area (Å²) in [6, 6.07) is 7.22. The van der Waals surface area contributed by atoms with Crippen molar-refractivity contribution in [1.29, 1.82) is 0 Å². The Morgan fingerprint density at radius 1 is 1.38 bits per heavy atom. The van der Waals surface area contributed by atoms with Crippen molar-refractivity contribution in [3.8, 4) is 5.75 Å². The van der Waals surface area contributed by atoms with E-state index in [0.29, 0.717) is 6.61 Å². The maximum Gasteiger partial charge on any atom is 0.237 e. The van der Waals surface area contributed by atoms with Crippen LogP contribution in [-0.4, -0.2) is 24.6 Å². The van der Waals surface area contributed by atoms with Gasteiger partial charge in [0.2, 0.25) is 5.91 Å². The normalized spacial score (nSPS) is 13.8. The summed E-state index contributed by atoms with van der Waals surface area (Å²) in [7, 11) is 0. The molecule has 0 aliphatic rings. The first-order chi connectivity index (χ1) is 9.20. The zero-order chi connectivity index (χ0) is 15.3. The van der Waals surface area contributed by atoms with Gasteiger partial charge in [-0.25, -0.2) is 0 Å². The highest BCUT2D eigenvalue weighted by atomic mass is 35.5. The molecule has 5 heteroatoms. The summed E-state index contributed by atoms with van der Waals surface area (Å²) in [6.07, 6.45) is 0. The Labute approximate surface area is 133 Å². The van der Waals surface area contributed by atoms with E-state index >= 15 is 0 Å². The molecular formula is C16H27ClN2O2. The molecule has 0 saturated heterocycles. The second-order valence-corrected chi connectivity index (χ2v) is 6.38. The number of hydrogen-bond donors (Lipinski definition) is 2. The summed E-state index contributed by atoms with van der Waals surface area (Å²) >= 11 is 0. The van der Waals surface area contributed by atoms with E-state index in [0.717, 1.165) is 11.3 Å². The largest absolute Gasteiger partial charge is 0.491 e. The Bertz CT molecular complexity index is 458. The number of nitrogens with two attached hydrogens (primary N) is 1. The fraction of sp³-hybridized carbons (Fsp3) is 0.562. The van der Waals surface area contributed by atoms with Gasteiger partial charge in [-0.15, -0.1) is 12.4 Å². The van der Waals surface area contributed by atoms with Crippen LogP contribution in [0.3, 0.4) is 0 Å². The molecule has 4 nitrogen and oxygen atoms in total. The maximum absolute atomic E-state index is 12.0. The number of aryl methyl sites for hydroxylation is 1. The Hall–Kier alpha value is -1.26. The van der Waals surface area contributed by atoms with Crippen LogP contribution in [0.4, 0.5) is 0 Å². The first-order valence-electron chi connectivity index (χ1n) is 6.95. The number of halogens is 1. The third-order valence-corrected chi connectivity index (χ3v) is 3.09. The first kappa shape index (κ1) is 19.7. The molecule has 0 spiro atoms. The summed E-state index contributed by atoms with van der Waals surface area (Å²) in [6.45, 7) is 10.2. The molecule has 3 N–H and O–H groups in total. The lowest BCUT2D eigenvalue weighted by Crippen LogP contribution is -2.51. The summed E-state index contributed by atoms with van der Waals surface area (Å²) in [5.74, 6) is 0.670. The molecule has 0 bridgehead atoms. The van der Waals surface area contributed by atoms with E-state index in [-0.39, 0.29) is 29.8 Å². The molecule has 1 unspecified atom stereocenters. The van der Waals surface area contributed by atoms with Crippen molar-refractivity contribution in [3.63, 3.8) is 0 Å². The molecule has 2 atom stereocenters. The molecule has 120 valence electrons. The molecule has 0 fully saturated rings. The van der Waals surface area contributed by atoms with Crippen LogP contribution < -0.4 is 15.8 Å². The van der Waals surface area contributed by atoms with Gasteiger partial charge in [0.05, 0.1) is 12.1 Å². The van der Waals surface area contributed by atoms with Crippen LogP contribution in [-0.2, 0) is 4.79 Å². The third-order valence-electron chi connectivity index (χ3n) is 3.09. The average Bonchev–Trinajstić information content (AvgIpc) is 2.34. The standard InChI is InChI=1S/C16H26N2O2.ClH/c1-11-7-6-8-13(9-11)20-10-12(2)18-15(19)14(17)16(3,4)5;/h6-9,12,14H,10,17H2,1-5H3,(H,18,19);1H/t12?,14-;/m1./s1. The average molecular weight is 315 g/mol. The lowest BCUT2D eigenvalue weighted by atomic mass is 9.87. The molecule has 0 aliphatic heterocycles. The monoisotopic (exact) mass is 314 g/mol. The number of carbonyl (C=O) groups excluding carboxylic acids is 1. The Balaban J connectivity index is 0.00000400. The number of benzene rings is 1. The number of rotatable bonds is 5. The second kappa shape index (κ2) is 8.25. The van der Waals surface area contributed by atoms with Crippen LogP contribution >= 0.6 is 12.4 Å². The van der Waals surface area contributed by atoms with Crippen molar-refractivity contribution in [1.82, 2.24) is 5.32 Å². The molecule has 0 radical (unpaired) electrons. The van der Waals surface area contributed by atoms with Gasteiger partial charge < -0.3 is 15.8 Å². The van der Waals surface area contributed by atoms with Crippen molar-refractivity contribution in [2.45, 2.75) is 46.7 Å². The van der Waals surface area contributed by atoms with Crippen molar-refractivity contribution < 1.29 is 9.53 Å². The number of ether oxygens (including phenoxy) is 1. The highest BCUT2D eigenvalue weighted by Gasteiger charge is 2.28. The highest BCUT2D eigenvalue weighted by Crippen LogP contribution is 2.17. The minimum Gasteiger partial charge on any atom is -0.491 e. The van der Waals surface area contributed by atoms with E-state index in [1.807, 2.05) is 58.9 Å². The van der Waals surface area contributed by atoms with Crippen molar-refractivity contribution in [2.24, 2.45) is 11.1 Å². The lowest BCUT2D eigenvalue weighted by Gasteiger charge is -2.27. The van der Waals surface area contributed by atoms with E-state index in [4.69, 9.17) is 10.5 Å². The van der Waals surface area contributed by atoms with Crippen LogP contribution in [0.2, 0.25) is 0 Å². The fourth-order valence-corrected chi connectivity index (χ4v) is 1.69. The zero-order valence-corrected chi connectivity index (χ0v) is 14.3. The van der Waals surface area contributed by atoms with Crippen LogP contribution in [0.1, 0.15) is 33.3 Å². The summed E-state index contributed by atoms with van der Waals surface area (Å²) < 4.78 is 5.66. The molecular weight excluding hydrogens is 288 g/mol. The molecule has 21 heavy (non-hydrogen) atoms. The predicted molar refractivity (Wildman–Crippen MR) is 89.0 cm³/mol. The van der Waals surface area contributed by atoms with E-state index < -0.39 is 6.04 Å².